The van der Waals surface area contributed by atoms with Gasteiger partial charge in [-0.15, -0.1) is 0 Å². The second-order valence-electron chi connectivity index (χ2n) is 6.76. The number of aromatic amines is 1. The van der Waals surface area contributed by atoms with Gasteiger partial charge in [0.15, 0.2) is 0 Å². The lowest BCUT2D eigenvalue weighted by Gasteiger charge is -2.34. The summed E-state index contributed by atoms with van der Waals surface area (Å²) in [6, 6.07) is 5.10. The Hall–Kier alpha value is -1.92. The van der Waals surface area contributed by atoms with E-state index in [4.69, 9.17) is 0 Å². The Morgan fingerprint density at radius 3 is 3.04 bits per heavy atom. The monoisotopic (exact) mass is 347 g/mol. The molecule has 0 saturated carbocycles. The van der Waals surface area contributed by atoms with Crippen LogP contribution >= 0.6 is 0 Å². The summed E-state index contributed by atoms with van der Waals surface area (Å²) in [6.07, 6.45) is 4.22. The molecule has 1 aliphatic heterocycles. The fourth-order valence-electron chi connectivity index (χ4n) is 3.68. The number of amides is 1. The van der Waals surface area contributed by atoms with E-state index in [9.17, 15) is 14.3 Å². The third kappa shape index (κ3) is 3.85. The summed E-state index contributed by atoms with van der Waals surface area (Å²) in [5, 5.41) is 13.1. The van der Waals surface area contributed by atoms with Gasteiger partial charge in [0.1, 0.15) is 11.5 Å². The first-order valence-corrected chi connectivity index (χ1v) is 9.01. The molecule has 1 saturated heterocycles. The van der Waals surface area contributed by atoms with Crippen LogP contribution in [-0.2, 0) is 0 Å². The average Bonchev–Trinajstić information content (AvgIpc) is 2.97. The molecule has 6 heteroatoms. The quantitative estimate of drug-likeness (QED) is 0.704. The number of aliphatic hydroxyl groups excluding tert-OH is 1. The fourth-order valence-corrected chi connectivity index (χ4v) is 3.68. The number of hydrogen-bond donors (Lipinski definition) is 3. The molecule has 25 heavy (non-hydrogen) atoms. The van der Waals surface area contributed by atoms with Gasteiger partial charge in [-0.3, -0.25) is 9.69 Å². The van der Waals surface area contributed by atoms with Crippen molar-refractivity contribution < 1.29 is 14.3 Å². The average molecular weight is 347 g/mol. The minimum atomic E-state index is -0.347. The standard InChI is InChI=1S/C19H26FN3O2/c1-13-15-7-4-8-16(20)18(15)22-17(13)19(25)21-9-5-11-23-10-3-2-6-14(23)12-24/h4,7-8,14,22,24H,2-3,5-6,9-12H2,1H3,(H,21,25). The van der Waals surface area contributed by atoms with Crippen LogP contribution in [0, 0.1) is 12.7 Å². The number of nitrogens with one attached hydrogen (secondary N) is 2. The van der Waals surface area contributed by atoms with E-state index in [0.29, 0.717) is 17.8 Å². The lowest BCUT2D eigenvalue weighted by Crippen LogP contribution is -2.43. The third-order valence-electron chi connectivity index (χ3n) is 5.14. The van der Waals surface area contributed by atoms with Crippen molar-refractivity contribution in [1.82, 2.24) is 15.2 Å². The minimum Gasteiger partial charge on any atom is -0.395 e. The first kappa shape index (κ1) is 17.9. The Balaban J connectivity index is 1.54. The van der Waals surface area contributed by atoms with Crippen LogP contribution in [0.5, 0.6) is 0 Å². The van der Waals surface area contributed by atoms with Crippen LogP contribution in [0.25, 0.3) is 10.9 Å². The second-order valence-corrected chi connectivity index (χ2v) is 6.76. The third-order valence-corrected chi connectivity index (χ3v) is 5.14. The molecule has 1 atom stereocenters. The molecule has 1 aromatic carbocycles. The highest BCUT2D eigenvalue weighted by molar-refractivity contribution is 6.00. The van der Waals surface area contributed by atoms with Crippen molar-refractivity contribution in [3.63, 3.8) is 0 Å². The first-order chi connectivity index (χ1) is 12.1. The summed E-state index contributed by atoms with van der Waals surface area (Å²) >= 11 is 0. The number of piperidine rings is 1. The van der Waals surface area contributed by atoms with Crippen molar-refractivity contribution in [3.05, 3.63) is 35.3 Å². The number of benzene rings is 1. The van der Waals surface area contributed by atoms with Crippen molar-refractivity contribution in [1.29, 1.82) is 0 Å². The number of fused-ring (bicyclic) bond motifs is 1. The molecule has 2 aromatic rings. The summed E-state index contributed by atoms with van der Waals surface area (Å²) in [7, 11) is 0. The molecule has 3 rings (SSSR count). The Bertz CT molecular complexity index is 744. The first-order valence-electron chi connectivity index (χ1n) is 9.01. The topological polar surface area (TPSA) is 68.4 Å². The number of rotatable bonds is 6. The predicted octanol–water partition coefficient (Wildman–Crippen LogP) is 2.58. The van der Waals surface area contributed by atoms with Crippen LogP contribution in [0.1, 0.15) is 41.7 Å². The second kappa shape index (κ2) is 7.97. The van der Waals surface area contributed by atoms with E-state index in [2.05, 4.69) is 15.2 Å². The molecule has 1 aliphatic rings. The van der Waals surface area contributed by atoms with Crippen LogP contribution in [0.2, 0.25) is 0 Å². The van der Waals surface area contributed by atoms with E-state index < -0.39 is 0 Å². The highest BCUT2D eigenvalue weighted by Crippen LogP contribution is 2.23. The number of carbonyl (C=O) groups excluding carboxylic acids is 1. The summed E-state index contributed by atoms with van der Waals surface area (Å²) in [5.74, 6) is -0.551. The van der Waals surface area contributed by atoms with E-state index in [0.717, 1.165) is 36.9 Å². The normalized spacial score (nSPS) is 18.6. The minimum absolute atomic E-state index is 0.201. The number of para-hydroxylation sites is 1. The van der Waals surface area contributed by atoms with Crippen LogP contribution in [0.3, 0.4) is 0 Å². The maximum atomic E-state index is 13.8. The molecule has 136 valence electrons. The molecule has 2 heterocycles. The van der Waals surface area contributed by atoms with Crippen LogP contribution in [0.4, 0.5) is 4.39 Å². The molecule has 0 aliphatic carbocycles. The number of likely N-dealkylation sites (tertiary alicyclic amines) is 1. The summed E-state index contributed by atoms with van der Waals surface area (Å²) in [5.41, 5.74) is 1.57. The fraction of sp³-hybridized carbons (Fsp3) is 0.526. The molecule has 1 fully saturated rings. The van der Waals surface area contributed by atoms with Gasteiger partial charge in [0.2, 0.25) is 0 Å². The van der Waals surface area contributed by atoms with Gasteiger partial charge < -0.3 is 15.4 Å². The highest BCUT2D eigenvalue weighted by Gasteiger charge is 2.21. The SMILES string of the molecule is Cc1c(C(=O)NCCCN2CCCCC2CO)[nH]c2c(F)cccc12. The van der Waals surface area contributed by atoms with Crippen LogP contribution in [-0.4, -0.2) is 53.2 Å². The summed E-state index contributed by atoms with van der Waals surface area (Å²) in [4.78, 5) is 17.6. The van der Waals surface area contributed by atoms with Crippen molar-refractivity contribution in [2.24, 2.45) is 0 Å². The number of aryl methyl sites for hydroxylation is 1. The number of halogens is 1. The van der Waals surface area contributed by atoms with Gasteiger partial charge in [0.05, 0.1) is 12.1 Å². The number of aliphatic hydroxyl groups is 1. The van der Waals surface area contributed by atoms with Gasteiger partial charge in [-0.2, -0.15) is 0 Å². The van der Waals surface area contributed by atoms with Gasteiger partial charge in [-0.05, 0) is 44.4 Å². The van der Waals surface area contributed by atoms with Crippen molar-refractivity contribution in [3.8, 4) is 0 Å². The van der Waals surface area contributed by atoms with E-state index in [1.54, 1.807) is 6.07 Å². The number of H-pyrrole nitrogens is 1. The van der Waals surface area contributed by atoms with E-state index in [1.807, 2.05) is 13.0 Å². The van der Waals surface area contributed by atoms with Crippen LogP contribution in [0.15, 0.2) is 18.2 Å². The summed E-state index contributed by atoms with van der Waals surface area (Å²) < 4.78 is 13.8. The molecule has 5 nitrogen and oxygen atoms in total. The van der Waals surface area contributed by atoms with E-state index >= 15 is 0 Å². The maximum absolute atomic E-state index is 13.8. The molecule has 0 spiro atoms. The van der Waals surface area contributed by atoms with Gasteiger partial charge >= 0.3 is 0 Å². The summed E-state index contributed by atoms with van der Waals surface area (Å²) in [6.45, 7) is 4.47. The zero-order chi connectivity index (χ0) is 17.8. The smallest absolute Gasteiger partial charge is 0.268 e. The molecule has 1 unspecified atom stereocenters. The van der Waals surface area contributed by atoms with Gasteiger partial charge in [0.25, 0.3) is 5.91 Å². The Morgan fingerprint density at radius 2 is 2.28 bits per heavy atom. The largest absolute Gasteiger partial charge is 0.395 e. The van der Waals surface area contributed by atoms with E-state index in [1.165, 1.54) is 18.9 Å². The number of carbonyl (C=O) groups is 1. The lowest BCUT2D eigenvalue weighted by atomic mass is 10.0. The molecule has 0 radical (unpaired) electrons. The Labute approximate surface area is 147 Å². The zero-order valence-corrected chi connectivity index (χ0v) is 14.6. The van der Waals surface area contributed by atoms with Crippen LogP contribution < -0.4 is 5.32 Å². The molecule has 3 N–H and O–H groups in total. The molecular formula is C19H26FN3O2. The molecule has 1 aromatic heterocycles. The lowest BCUT2D eigenvalue weighted by molar-refractivity contribution is 0.0867. The van der Waals surface area contributed by atoms with Gasteiger partial charge in [0, 0.05) is 24.5 Å². The predicted molar refractivity (Wildman–Crippen MR) is 96.2 cm³/mol. The molecule has 1 amide bonds. The van der Waals surface area contributed by atoms with Gasteiger partial charge in [-0.25, -0.2) is 4.39 Å². The van der Waals surface area contributed by atoms with Crippen molar-refractivity contribution in [2.45, 2.75) is 38.6 Å². The van der Waals surface area contributed by atoms with Crippen molar-refractivity contribution in [2.75, 3.05) is 26.2 Å². The Morgan fingerprint density at radius 1 is 1.44 bits per heavy atom. The highest BCUT2D eigenvalue weighted by atomic mass is 19.1. The van der Waals surface area contributed by atoms with Gasteiger partial charge in [-0.1, -0.05) is 18.6 Å². The number of hydrogen-bond acceptors (Lipinski definition) is 3. The number of aromatic nitrogens is 1. The molecular weight excluding hydrogens is 321 g/mol. The van der Waals surface area contributed by atoms with Crippen molar-refractivity contribution >= 4 is 16.8 Å². The zero-order valence-electron chi connectivity index (χ0n) is 14.6. The maximum Gasteiger partial charge on any atom is 0.268 e. The number of nitrogens with zero attached hydrogens (tertiary/aromatic N) is 1. The van der Waals surface area contributed by atoms with E-state index in [-0.39, 0.29) is 24.4 Å². The Kier molecular flexibility index (Phi) is 5.71. The molecule has 0 bridgehead atoms.